The molecule has 6 heterocycles. The van der Waals surface area contributed by atoms with Crippen molar-refractivity contribution in [3.8, 4) is 134 Å². The van der Waals surface area contributed by atoms with Crippen molar-refractivity contribution in [3.05, 3.63) is 381 Å². The molecule has 0 N–H and O–H groups in total. The third-order valence-electron chi connectivity index (χ3n) is 21.1. The minimum absolute atomic E-state index is 0.138. The summed E-state index contributed by atoms with van der Waals surface area (Å²) in [5.74, 6) is 0. The molecule has 2 aliphatic carbocycles. The molecule has 20 rings (SSSR count). The maximum atomic E-state index is 5.13. The first-order chi connectivity index (χ1) is 53.0. The summed E-state index contributed by atoms with van der Waals surface area (Å²) in [5, 5.41) is 0. The van der Waals surface area contributed by atoms with Crippen molar-refractivity contribution >= 4 is 33.1 Å². The Morgan fingerprint density at radius 1 is 0.194 bits per heavy atom. The number of fused-ring (bicyclic) bond motifs is 9. The summed E-state index contributed by atoms with van der Waals surface area (Å²) in [5.41, 5.74) is 36.6. The first-order valence-corrected chi connectivity index (χ1v) is 36.5. The summed E-state index contributed by atoms with van der Waals surface area (Å²) in [7, 11) is 0. The van der Waals surface area contributed by atoms with E-state index in [9.17, 15) is 0 Å². The summed E-state index contributed by atoms with van der Waals surface area (Å²) in [6.45, 7) is 9.28. The van der Waals surface area contributed by atoms with E-state index in [0.717, 1.165) is 123 Å². The van der Waals surface area contributed by atoms with Crippen molar-refractivity contribution in [2.24, 2.45) is 0 Å². The van der Waals surface area contributed by atoms with Crippen molar-refractivity contribution in [3.63, 3.8) is 0 Å². The molecular weight excluding hydrogens is 1320 g/mol. The predicted molar refractivity (Wildman–Crippen MR) is 441 cm³/mol. The largest absolute Gasteiger partial charge is 0.265 e. The van der Waals surface area contributed by atoms with Crippen molar-refractivity contribution < 1.29 is 0 Å². The van der Waals surface area contributed by atoms with Crippen molar-refractivity contribution in [1.29, 1.82) is 0 Å². The second-order valence-electron chi connectivity index (χ2n) is 28.5. The molecule has 9 nitrogen and oxygen atoms in total. The zero-order valence-electron chi connectivity index (χ0n) is 60.1. The van der Waals surface area contributed by atoms with Gasteiger partial charge in [-0.15, -0.1) is 0 Å². The lowest BCUT2D eigenvalue weighted by Gasteiger charge is -2.23. The van der Waals surface area contributed by atoms with E-state index in [-0.39, 0.29) is 10.8 Å². The number of nitrogens with zero attached hydrogens (tertiary/aromatic N) is 9. The van der Waals surface area contributed by atoms with Crippen LogP contribution >= 0.6 is 0 Å². The summed E-state index contributed by atoms with van der Waals surface area (Å²) in [6, 6.07) is 114. The van der Waals surface area contributed by atoms with Gasteiger partial charge in [-0.3, -0.25) is 15.0 Å². The number of rotatable bonds is 10. The van der Waals surface area contributed by atoms with Gasteiger partial charge in [-0.05, 0) is 169 Å². The van der Waals surface area contributed by atoms with Crippen molar-refractivity contribution in [2.45, 2.75) is 38.5 Å². The lowest BCUT2D eigenvalue weighted by Crippen LogP contribution is -2.15. The number of para-hydroxylation sites is 6. The van der Waals surface area contributed by atoms with Crippen molar-refractivity contribution in [2.75, 3.05) is 0 Å². The average Bonchev–Trinajstić information content (AvgIpc) is 1.57. The van der Waals surface area contributed by atoms with Crippen LogP contribution in [0.15, 0.2) is 359 Å². The van der Waals surface area contributed by atoms with Gasteiger partial charge in [0.25, 0.3) is 0 Å². The summed E-state index contributed by atoms with van der Waals surface area (Å²) < 4.78 is 0. The van der Waals surface area contributed by atoms with Gasteiger partial charge in [-0.2, -0.15) is 0 Å². The normalized spacial score (nSPS) is 12.6. The lowest BCUT2D eigenvalue weighted by atomic mass is 9.81. The van der Waals surface area contributed by atoms with Gasteiger partial charge in [-0.1, -0.05) is 264 Å². The number of benzene rings is 12. The van der Waals surface area contributed by atoms with Gasteiger partial charge < -0.3 is 0 Å². The molecule has 12 aromatic carbocycles. The molecule has 6 aromatic heterocycles. The Hall–Kier alpha value is -13.9. The smallest absolute Gasteiger partial charge is 0.0973 e. The van der Waals surface area contributed by atoms with Crippen LogP contribution in [0.5, 0.6) is 0 Å². The molecule has 0 radical (unpaired) electrons. The Morgan fingerprint density at radius 2 is 0.481 bits per heavy atom. The molecule has 0 spiro atoms. The Balaban J connectivity index is 0.000000114. The molecule has 512 valence electrons. The highest BCUT2D eigenvalue weighted by molar-refractivity contribution is 5.93. The monoisotopic (exact) mass is 1390 g/mol. The van der Waals surface area contributed by atoms with Gasteiger partial charge in [0, 0.05) is 80.8 Å². The fourth-order valence-corrected chi connectivity index (χ4v) is 15.4. The minimum atomic E-state index is -0.143. The van der Waals surface area contributed by atoms with Gasteiger partial charge in [0.1, 0.15) is 0 Å². The number of hydrogen-bond acceptors (Lipinski definition) is 9. The van der Waals surface area contributed by atoms with Crippen LogP contribution in [0.3, 0.4) is 0 Å². The molecule has 18 aromatic rings. The molecule has 0 amide bonds. The Bertz CT molecular complexity index is 6110. The van der Waals surface area contributed by atoms with Crippen LogP contribution in [0.4, 0.5) is 0 Å². The van der Waals surface area contributed by atoms with E-state index in [1.165, 1.54) is 66.8 Å². The van der Waals surface area contributed by atoms with Crippen LogP contribution in [-0.4, -0.2) is 44.9 Å². The van der Waals surface area contributed by atoms with Gasteiger partial charge in [0.15, 0.2) is 0 Å². The number of pyridine rings is 3. The fourth-order valence-electron chi connectivity index (χ4n) is 15.4. The van der Waals surface area contributed by atoms with Gasteiger partial charge in [0.2, 0.25) is 0 Å². The zero-order valence-corrected chi connectivity index (χ0v) is 60.1. The first-order valence-electron chi connectivity index (χ1n) is 36.5. The zero-order chi connectivity index (χ0) is 72.7. The van der Waals surface area contributed by atoms with Crippen LogP contribution in [0.1, 0.15) is 49.9 Å². The van der Waals surface area contributed by atoms with Crippen LogP contribution in [-0.2, 0) is 10.8 Å². The van der Waals surface area contributed by atoms with E-state index in [4.69, 9.17) is 29.9 Å². The quantitative estimate of drug-likeness (QED) is 0.132. The molecular formula is C99H71N9. The third kappa shape index (κ3) is 12.5. The molecule has 2 aliphatic rings. The van der Waals surface area contributed by atoms with Crippen LogP contribution in [0.2, 0.25) is 0 Å². The maximum absolute atomic E-state index is 5.13. The molecule has 0 unspecified atom stereocenters. The molecule has 0 bridgehead atoms. The van der Waals surface area contributed by atoms with E-state index in [0.29, 0.717) is 0 Å². The maximum Gasteiger partial charge on any atom is 0.0973 e. The minimum Gasteiger partial charge on any atom is -0.265 e. The average molecular weight is 1390 g/mol. The Labute approximate surface area is 627 Å². The van der Waals surface area contributed by atoms with Crippen LogP contribution < -0.4 is 0 Å². The van der Waals surface area contributed by atoms with Gasteiger partial charge in [0.05, 0.1) is 73.0 Å². The number of hydrogen-bond donors (Lipinski definition) is 0. The molecule has 9 heteroatoms. The van der Waals surface area contributed by atoms with E-state index >= 15 is 0 Å². The Kier molecular flexibility index (Phi) is 17.1. The highest BCUT2D eigenvalue weighted by Crippen LogP contribution is 2.53. The lowest BCUT2D eigenvalue weighted by molar-refractivity contribution is 0.660. The molecule has 0 saturated heterocycles. The molecule has 108 heavy (non-hydrogen) atoms. The number of aromatic nitrogens is 9. The van der Waals surface area contributed by atoms with Crippen molar-refractivity contribution in [1.82, 2.24) is 44.9 Å². The Morgan fingerprint density at radius 3 is 0.843 bits per heavy atom. The summed E-state index contributed by atoms with van der Waals surface area (Å²) in [4.78, 5) is 43.3. The second kappa shape index (κ2) is 28.0. The summed E-state index contributed by atoms with van der Waals surface area (Å²) in [6.07, 6.45) is 9.27. The van der Waals surface area contributed by atoms with Gasteiger partial charge in [-0.25, -0.2) is 29.9 Å². The highest BCUT2D eigenvalue weighted by Gasteiger charge is 2.38. The fraction of sp³-hybridized carbons (Fsp3) is 0.0606. The molecule has 0 fully saturated rings. The van der Waals surface area contributed by atoms with Crippen LogP contribution in [0.25, 0.3) is 168 Å². The second-order valence-corrected chi connectivity index (χ2v) is 28.5. The molecule has 0 saturated carbocycles. The standard InChI is InChI=1S/2C34H25N3.C31H21N3/c1-34(2)28-19-23(25-11-8-18-35-21-25)14-16-26(28)27-17-15-24(20-29(27)34)33-32(22-9-4-3-5-10-22)36-30-12-6-7-13-31(30)37-33;1-34(2)28-20-24(22-16-18-35-19-17-22)12-14-26(28)27-15-13-25(21-29(27)34)33-32(23-8-4-3-5-9-23)36-30-10-6-7-11-31(30)37-33;1-2-8-25(9-3-1)30-31(34-29-12-5-4-11-28(29)33-30)26-19-15-23(16-20-26)22-13-17-24(18-14-22)27-10-6-7-21-32-27/h2*3-21H,1-2H3;1-21H. The third-order valence-corrected chi connectivity index (χ3v) is 21.1. The van der Waals surface area contributed by atoms with E-state index in [2.05, 4.69) is 243 Å². The first kappa shape index (κ1) is 66.1. The van der Waals surface area contributed by atoms with E-state index in [1.54, 1.807) is 0 Å². The molecule has 0 aliphatic heterocycles. The van der Waals surface area contributed by atoms with Crippen LogP contribution in [0, 0.1) is 0 Å². The summed E-state index contributed by atoms with van der Waals surface area (Å²) >= 11 is 0. The molecule has 0 atom stereocenters. The van der Waals surface area contributed by atoms with E-state index < -0.39 is 0 Å². The van der Waals surface area contributed by atoms with Gasteiger partial charge >= 0.3 is 0 Å². The van der Waals surface area contributed by atoms with E-state index in [1.807, 2.05) is 158 Å². The predicted octanol–water partition coefficient (Wildman–Crippen LogP) is 24.4. The SMILES string of the molecule is CC1(C)c2cc(-c3cccnc3)ccc2-c2ccc(-c3nc4ccccc4nc3-c3ccccc3)cc21.CC1(C)c2cc(-c3ccncc3)ccc2-c2ccc(-c3nc4ccccc4nc3-c3ccccc3)cc21.c1ccc(-c2nc3ccccc3nc2-c2ccc(-c3ccc(-c4ccccn4)cc3)cc2)cc1. The highest BCUT2D eigenvalue weighted by atomic mass is 14.9. The topological polar surface area (TPSA) is 116 Å².